The largest absolute Gasteiger partial charge is 0.491 e. The van der Waals surface area contributed by atoms with Gasteiger partial charge in [-0.25, -0.2) is 4.98 Å². The number of rotatable bonds is 6. The first-order valence-electron chi connectivity index (χ1n) is 11.6. The van der Waals surface area contributed by atoms with Crippen LogP contribution in [0.3, 0.4) is 0 Å². The standard InChI is InChI=1S/C26H31N3O3/c1-18-9-10-24(21-6-4-5-20(18)21)32-17-19(30)16-29-13-11-26(31,12-14-29)25-15-27-22-7-2-3-8-23(22)28-25/h2-3,7-10,15,19,30-31H,4-6,11-14,16-17H2,1H3/t19-/m1/s1. The Morgan fingerprint density at radius 1 is 1.06 bits per heavy atom. The number of aliphatic hydroxyl groups excluding tert-OH is 1. The Bertz CT molecular complexity index is 1110. The molecule has 1 aliphatic heterocycles. The summed E-state index contributed by atoms with van der Waals surface area (Å²) in [5.41, 5.74) is 5.36. The van der Waals surface area contributed by atoms with E-state index < -0.39 is 11.7 Å². The molecular formula is C26H31N3O3. The van der Waals surface area contributed by atoms with Crippen molar-refractivity contribution in [3.8, 4) is 5.75 Å². The number of β-amino-alcohol motifs (C(OH)–C–C–N with tert-alkyl or cyclic N) is 1. The lowest BCUT2D eigenvalue weighted by Gasteiger charge is -2.38. The monoisotopic (exact) mass is 433 g/mol. The molecule has 1 aliphatic carbocycles. The number of aliphatic hydroxyl groups is 2. The van der Waals surface area contributed by atoms with Crippen molar-refractivity contribution in [2.24, 2.45) is 0 Å². The topological polar surface area (TPSA) is 78.7 Å². The number of para-hydroxylation sites is 2. The predicted molar refractivity (Wildman–Crippen MR) is 124 cm³/mol. The van der Waals surface area contributed by atoms with Gasteiger partial charge in [-0.2, -0.15) is 0 Å². The third kappa shape index (κ3) is 4.22. The van der Waals surface area contributed by atoms with Crippen molar-refractivity contribution < 1.29 is 14.9 Å². The molecule has 1 aromatic heterocycles. The summed E-state index contributed by atoms with van der Waals surface area (Å²) in [4.78, 5) is 11.3. The molecular weight excluding hydrogens is 402 g/mol. The van der Waals surface area contributed by atoms with E-state index in [1.807, 2.05) is 30.3 Å². The first-order chi connectivity index (χ1) is 15.5. The van der Waals surface area contributed by atoms with Crippen molar-refractivity contribution in [1.29, 1.82) is 0 Å². The van der Waals surface area contributed by atoms with Crippen LogP contribution in [0.2, 0.25) is 0 Å². The zero-order valence-corrected chi connectivity index (χ0v) is 18.6. The van der Waals surface area contributed by atoms with E-state index in [1.165, 1.54) is 23.1 Å². The SMILES string of the molecule is Cc1ccc(OC[C@H](O)CN2CCC(O)(c3cnc4ccccc4n3)CC2)c2c1CCC2. The molecule has 3 aromatic rings. The van der Waals surface area contributed by atoms with Gasteiger partial charge in [0.05, 0.1) is 22.9 Å². The zero-order chi connectivity index (χ0) is 22.1. The smallest absolute Gasteiger partial charge is 0.122 e. The fourth-order valence-corrected chi connectivity index (χ4v) is 5.07. The Labute approximate surface area is 188 Å². The summed E-state index contributed by atoms with van der Waals surface area (Å²) in [6.45, 7) is 4.37. The average molecular weight is 434 g/mol. The molecule has 0 amide bonds. The molecule has 0 unspecified atom stereocenters. The minimum atomic E-state index is -0.975. The van der Waals surface area contributed by atoms with Crippen LogP contribution in [-0.2, 0) is 18.4 Å². The van der Waals surface area contributed by atoms with Crippen LogP contribution in [0.25, 0.3) is 11.0 Å². The second-order valence-electron chi connectivity index (χ2n) is 9.23. The maximum atomic E-state index is 11.2. The molecule has 32 heavy (non-hydrogen) atoms. The number of aryl methyl sites for hydroxylation is 1. The molecule has 168 valence electrons. The molecule has 2 N–H and O–H groups in total. The lowest BCUT2D eigenvalue weighted by molar-refractivity contribution is -0.0401. The van der Waals surface area contributed by atoms with Crippen molar-refractivity contribution in [2.75, 3.05) is 26.2 Å². The molecule has 0 saturated carbocycles. The molecule has 6 heteroatoms. The highest BCUT2D eigenvalue weighted by molar-refractivity contribution is 5.73. The van der Waals surface area contributed by atoms with Gasteiger partial charge in [-0.3, -0.25) is 4.98 Å². The van der Waals surface area contributed by atoms with Gasteiger partial charge >= 0.3 is 0 Å². The Morgan fingerprint density at radius 2 is 1.81 bits per heavy atom. The number of benzene rings is 2. The van der Waals surface area contributed by atoms with Crippen LogP contribution < -0.4 is 4.74 Å². The van der Waals surface area contributed by atoms with Gasteiger partial charge in [-0.05, 0) is 73.9 Å². The highest BCUT2D eigenvalue weighted by atomic mass is 16.5. The minimum absolute atomic E-state index is 0.284. The van der Waals surface area contributed by atoms with Crippen molar-refractivity contribution in [3.05, 3.63) is 65.0 Å². The van der Waals surface area contributed by atoms with Crippen LogP contribution in [-0.4, -0.2) is 57.4 Å². The van der Waals surface area contributed by atoms with Crippen molar-refractivity contribution in [3.63, 3.8) is 0 Å². The molecule has 0 bridgehead atoms. The number of nitrogens with zero attached hydrogens (tertiary/aromatic N) is 3. The molecule has 1 fully saturated rings. The number of hydrogen-bond donors (Lipinski definition) is 2. The van der Waals surface area contributed by atoms with Crippen LogP contribution in [0.1, 0.15) is 41.6 Å². The van der Waals surface area contributed by atoms with Gasteiger partial charge in [0, 0.05) is 19.6 Å². The van der Waals surface area contributed by atoms with Gasteiger partial charge < -0.3 is 19.8 Å². The molecule has 1 atom stereocenters. The molecule has 0 spiro atoms. The fourth-order valence-electron chi connectivity index (χ4n) is 5.07. The maximum Gasteiger partial charge on any atom is 0.122 e. The van der Waals surface area contributed by atoms with E-state index in [1.54, 1.807) is 6.20 Å². The van der Waals surface area contributed by atoms with E-state index in [2.05, 4.69) is 27.9 Å². The van der Waals surface area contributed by atoms with E-state index in [0.717, 1.165) is 29.6 Å². The summed E-state index contributed by atoms with van der Waals surface area (Å²) in [7, 11) is 0. The third-order valence-electron chi connectivity index (χ3n) is 6.98. The first-order valence-corrected chi connectivity index (χ1v) is 11.6. The van der Waals surface area contributed by atoms with Gasteiger partial charge in [0.15, 0.2) is 0 Å². The summed E-state index contributed by atoms with van der Waals surface area (Å²) in [5, 5.41) is 21.8. The Hall–Kier alpha value is -2.54. The minimum Gasteiger partial charge on any atom is -0.491 e. The number of likely N-dealkylation sites (tertiary alicyclic amines) is 1. The normalized spacial score (nSPS) is 19.1. The fraction of sp³-hybridized carbons (Fsp3) is 0.462. The molecule has 6 nitrogen and oxygen atoms in total. The quantitative estimate of drug-likeness (QED) is 0.622. The second kappa shape index (κ2) is 8.77. The summed E-state index contributed by atoms with van der Waals surface area (Å²) >= 11 is 0. The first kappa shape index (κ1) is 21.3. The lowest BCUT2D eigenvalue weighted by atomic mass is 9.88. The van der Waals surface area contributed by atoms with E-state index in [0.29, 0.717) is 38.2 Å². The molecule has 2 aromatic carbocycles. The molecule has 1 saturated heterocycles. The van der Waals surface area contributed by atoms with Gasteiger partial charge in [0.1, 0.15) is 24.1 Å². The molecule has 2 heterocycles. The summed E-state index contributed by atoms with van der Waals surface area (Å²) in [5.74, 6) is 0.921. The molecule has 2 aliphatic rings. The summed E-state index contributed by atoms with van der Waals surface area (Å²) in [6, 6.07) is 11.9. The molecule has 5 rings (SSSR count). The van der Waals surface area contributed by atoms with Crippen LogP contribution in [0, 0.1) is 6.92 Å². The zero-order valence-electron chi connectivity index (χ0n) is 18.6. The van der Waals surface area contributed by atoms with Gasteiger partial charge in [0.25, 0.3) is 0 Å². The van der Waals surface area contributed by atoms with E-state index in [-0.39, 0.29) is 6.61 Å². The van der Waals surface area contributed by atoms with Crippen LogP contribution in [0.5, 0.6) is 5.75 Å². The Morgan fingerprint density at radius 3 is 2.62 bits per heavy atom. The van der Waals surface area contributed by atoms with E-state index in [4.69, 9.17) is 4.74 Å². The summed E-state index contributed by atoms with van der Waals surface area (Å²) < 4.78 is 6.01. The van der Waals surface area contributed by atoms with Crippen molar-refractivity contribution >= 4 is 11.0 Å². The molecule has 0 radical (unpaired) electrons. The van der Waals surface area contributed by atoms with Gasteiger partial charge in [-0.1, -0.05) is 18.2 Å². The Balaban J connectivity index is 1.16. The van der Waals surface area contributed by atoms with Gasteiger partial charge in [0.2, 0.25) is 0 Å². The van der Waals surface area contributed by atoms with E-state index >= 15 is 0 Å². The number of piperidine rings is 1. The summed E-state index contributed by atoms with van der Waals surface area (Å²) in [6.07, 6.45) is 5.63. The highest BCUT2D eigenvalue weighted by Crippen LogP contribution is 2.34. The van der Waals surface area contributed by atoms with Crippen molar-refractivity contribution in [2.45, 2.75) is 50.7 Å². The van der Waals surface area contributed by atoms with Crippen LogP contribution in [0.15, 0.2) is 42.6 Å². The van der Waals surface area contributed by atoms with Crippen LogP contribution >= 0.6 is 0 Å². The van der Waals surface area contributed by atoms with Gasteiger partial charge in [-0.15, -0.1) is 0 Å². The number of hydrogen-bond acceptors (Lipinski definition) is 6. The highest BCUT2D eigenvalue weighted by Gasteiger charge is 2.36. The average Bonchev–Trinajstić information content (AvgIpc) is 3.31. The lowest BCUT2D eigenvalue weighted by Crippen LogP contribution is -2.46. The van der Waals surface area contributed by atoms with E-state index in [9.17, 15) is 10.2 Å². The predicted octanol–water partition coefficient (Wildman–Crippen LogP) is 3.15. The number of fused-ring (bicyclic) bond motifs is 2. The second-order valence-corrected chi connectivity index (χ2v) is 9.23. The third-order valence-corrected chi connectivity index (χ3v) is 6.98. The van der Waals surface area contributed by atoms with Crippen molar-refractivity contribution in [1.82, 2.24) is 14.9 Å². The Kier molecular flexibility index (Phi) is 5.84. The number of ether oxygens (including phenoxy) is 1. The van der Waals surface area contributed by atoms with Crippen LogP contribution in [0.4, 0.5) is 0 Å². The number of aromatic nitrogens is 2. The maximum absolute atomic E-state index is 11.2.